The van der Waals surface area contributed by atoms with Crippen molar-refractivity contribution in [1.82, 2.24) is 14.9 Å². The van der Waals surface area contributed by atoms with E-state index in [1.807, 2.05) is 0 Å². The van der Waals surface area contributed by atoms with Crippen molar-refractivity contribution in [3.05, 3.63) is 17.2 Å². The maximum absolute atomic E-state index is 5.63. The molecule has 1 fully saturated rings. The zero-order chi connectivity index (χ0) is 13.1. The average molecular weight is 263 g/mol. The molecule has 19 heavy (non-hydrogen) atoms. The largest absolute Gasteiger partial charge is 0.381 e. The molecule has 0 bridgehead atoms. The molecule has 2 aliphatic heterocycles. The molecule has 106 valence electrons. The summed E-state index contributed by atoms with van der Waals surface area (Å²) >= 11 is 0. The summed E-state index contributed by atoms with van der Waals surface area (Å²) in [5.74, 6) is 1.97. The first-order valence-corrected chi connectivity index (χ1v) is 7.74. The second-order valence-corrected chi connectivity index (χ2v) is 5.79. The van der Waals surface area contributed by atoms with Gasteiger partial charge in [-0.15, -0.1) is 0 Å². The van der Waals surface area contributed by atoms with Crippen molar-refractivity contribution in [1.29, 1.82) is 0 Å². The fourth-order valence-electron chi connectivity index (χ4n) is 3.27. The van der Waals surface area contributed by atoms with Crippen LogP contribution in [0.1, 0.15) is 43.4 Å². The van der Waals surface area contributed by atoms with Gasteiger partial charge in [0.1, 0.15) is 5.82 Å². The number of fused-ring (bicyclic) bond motifs is 1. The van der Waals surface area contributed by atoms with Crippen molar-refractivity contribution >= 4 is 0 Å². The molecule has 0 aliphatic carbocycles. The Balaban J connectivity index is 1.82. The molecule has 0 aromatic carbocycles. The van der Waals surface area contributed by atoms with E-state index in [-0.39, 0.29) is 0 Å². The van der Waals surface area contributed by atoms with Crippen LogP contribution >= 0.6 is 0 Å². The summed E-state index contributed by atoms with van der Waals surface area (Å²) in [5, 5.41) is 3.43. The van der Waals surface area contributed by atoms with Crippen molar-refractivity contribution < 1.29 is 4.74 Å². The number of hydrogen-bond acceptors (Lipinski definition) is 3. The fourth-order valence-corrected chi connectivity index (χ4v) is 3.27. The molecule has 1 saturated heterocycles. The van der Waals surface area contributed by atoms with Crippen LogP contribution in [0.3, 0.4) is 0 Å². The molecule has 0 radical (unpaired) electrons. The summed E-state index contributed by atoms with van der Waals surface area (Å²) in [7, 11) is 0. The smallest absolute Gasteiger partial charge is 0.109 e. The van der Waals surface area contributed by atoms with Crippen LogP contribution in [0.4, 0.5) is 0 Å². The highest BCUT2D eigenvalue weighted by Gasteiger charge is 2.22. The van der Waals surface area contributed by atoms with Gasteiger partial charge in [0.25, 0.3) is 0 Å². The Morgan fingerprint density at radius 2 is 2.42 bits per heavy atom. The van der Waals surface area contributed by atoms with E-state index in [1.54, 1.807) is 0 Å². The van der Waals surface area contributed by atoms with E-state index in [0.29, 0.717) is 5.92 Å². The van der Waals surface area contributed by atoms with Gasteiger partial charge < -0.3 is 14.6 Å². The molecule has 0 amide bonds. The van der Waals surface area contributed by atoms with E-state index < -0.39 is 0 Å². The lowest BCUT2D eigenvalue weighted by Crippen LogP contribution is -2.27. The number of aromatic nitrogens is 2. The summed E-state index contributed by atoms with van der Waals surface area (Å²) in [4.78, 5) is 4.87. The van der Waals surface area contributed by atoms with Gasteiger partial charge in [0.2, 0.25) is 0 Å². The third-order valence-corrected chi connectivity index (χ3v) is 4.23. The van der Waals surface area contributed by atoms with Crippen LogP contribution in [0.2, 0.25) is 0 Å². The molecular weight excluding hydrogens is 238 g/mol. The van der Waals surface area contributed by atoms with Gasteiger partial charge in [0.15, 0.2) is 0 Å². The SMILES string of the molecule is CCCc1nc2c(n1CC1CCCOC1)CCNC2. The lowest BCUT2D eigenvalue weighted by atomic mass is 10.0. The molecule has 3 heterocycles. The predicted molar refractivity (Wildman–Crippen MR) is 75.2 cm³/mol. The molecule has 1 aromatic rings. The van der Waals surface area contributed by atoms with Crippen LogP contribution in [-0.4, -0.2) is 29.3 Å². The molecule has 1 atom stereocenters. The summed E-state index contributed by atoms with van der Waals surface area (Å²) in [6, 6.07) is 0. The second kappa shape index (κ2) is 6.06. The number of rotatable bonds is 4. The van der Waals surface area contributed by atoms with Crippen LogP contribution in [0.25, 0.3) is 0 Å². The van der Waals surface area contributed by atoms with Gasteiger partial charge in [-0.2, -0.15) is 0 Å². The summed E-state index contributed by atoms with van der Waals surface area (Å²) in [6.07, 6.45) is 5.91. The van der Waals surface area contributed by atoms with Gasteiger partial charge in [-0.3, -0.25) is 0 Å². The van der Waals surface area contributed by atoms with E-state index >= 15 is 0 Å². The van der Waals surface area contributed by atoms with E-state index in [2.05, 4.69) is 16.8 Å². The highest BCUT2D eigenvalue weighted by molar-refractivity contribution is 5.20. The van der Waals surface area contributed by atoms with Crippen LogP contribution in [0.5, 0.6) is 0 Å². The Kier molecular flexibility index (Phi) is 4.18. The molecule has 4 nitrogen and oxygen atoms in total. The van der Waals surface area contributed by atoms with Crippen molar-refractivity contribution in [2.45, 2.75) is 52.1 Å². The number of nitrogens with zero attached hydrogens (tertiary/aromatic N) is 2. The van der Waals surface area contributed by atoms with Crippen LogP contribution in [0, 0.1) is 5.92 Å². The predicted octanol–water partition coefficient (Wildman–Crippen LogP) is 1.91. The Hall–Kier alpha value is -0.870. The first-order chi connectivity index (χ1) is 9.38. The minimum absolute atomic E-state index is 0.678. The number of ether oxygens (including phenoxy) is 1. The minimum atomic E-state index is 0.678. The number of imidazole rings is 1. The van der Waals surface area contributed by atoms with Gasteiger partial charge in [0.05, 0.1) is 12.3 Å². The fraction of sp³-hybridized carbons (Fsp3) is 0.800. The molecule has 0 spiro atoms. The molecule has 1 N–H and O–H groups in total. The lowest BCUT2D eigenvalue weighted by Gasteiger charge is -2.25. The zero-order valence-electron chi connectivity index (χ0n) is 12.0. The monoisotopic (exact) mass is 263 g/mol. The Labute approximate surface area is 115 Å². The van der Waals surface area contributed by atoms with Gasteiger partial charge in [-0.05, 0) is 19.3 Å². The first kappa shape index (κ1) is 13.1. The first-order valence-electron chi connectivity index (χ1n) is 7.74. The molecule has 1 unspecified atom stereocenters. The van der Waals surface area contributed by atoms with Gasteiger partial charge in [-0.1, -0.05) is 6.92 Å². The Morgan fingerprint density at radius 1 is 1.47 bits per heavy atom. The van der Waals surface area contributed by atoms with Gasteiger partial charge in [0, 0.05) is 50.7 Å². The average Bonchev–Trinajstić information content (AvgIpc) is 2.79. The highest BCUT2D eigenvalue weighted by atomic mass is 16.5. The third-order valence-electron chi connectivity index (χ3n) is 4.23. The van der Waals surface area contributed by atoms with Gasteiger partial charge >= 0.3 is 0 Å². The summed E-state index contributed by atoms with van der Waals surface area (Å²) < 4.78 is 8.14. The van der Waals surface area contributed by atoms with E-state index in [9.17, 15) is 0 Å². The highest BCUT2D eigenvalue weighted by Crippen LogP contribution is 2.22. The molecule has 2 aliphatic rings. The van der Waals surface area contributed by atoms with Crippen molar-refractivity contribution in [3.8, 4) is 0 Å². The second-order valence-electron chi connectivity index (χ2n) is 5.79. The van der Waals surface area contributed by atoms with E-state index in [4.69, 9.17) is 9.72 Å². The number of aryl methyl sites for hydroxylation is 1. The van der Waals surface area contributed by atoms with Crippen LogP contribution in [0.15, 0.2) is 0 Å². The standard InChI is InChI=1S/C15H25N3O/c1-2-4-15-17-13-9-16-7-6-14(13)18(15)10-12-5-3-8-19-11-12/h12,16H,2-11H2,1H3. The maximum atomic E-state index is 5.63. The molecular formula is C15H25N3O. The third kappa shape index (κ3) is 2.84. The van der Waals surface area contributed by atoms with Crippen molar-refractivity contribution in [2.75, 3.05) is 19.8 Å². The van der Waals surface area contributed by atoms with E-state index in [0.717, 1.165) is 45.7 Å². The lowest BCUT2D eigenvalue weighted by molar-refractivity contribution is 0.0477. The number of nitrogens with one attached hydrogen (secondary N) is 1. The van der Waals surface area contributed by atoms with Crippen molar-refractivity contribution in [2.24, 2.45) is 5.92 Å². The zero-order valence-corrected chi connectivity index (χ0v) is 12.0. The number of hydrogen-bond donors (Lipinski definition) is 1. The minimum Gasteiger partial charge on any atom is -0.381 e. The molecule has 1 aromatic heterocycles. The topological polar surface area (TPSA) is 39.1 Å². The summed E-state index contributed by atoms with van der Waals surface area (Å²) in [5.41, 5.74) is 2.76. The summed E-state index contributed by atoms with van der Waals surface area (Å²) in [6.45, 7) is 7.25. The molecule has 0 saturated carbocycles. The quantitative estimate of drug-likeness (QED) is 0.902. The molecule has 3 rings (SSSR count). The van der Waals surface area contributed by atoms with Crippen molar-refractivity contribution in [3.63, 3.8) is 0 Å². The normalized spacial score (nSPS) is 23.3. The Morgan fingerprint density at radius 3 is 3.21 bits per heavy atom. The maximum Gasteiger partial charge on any atom is 0.109 e. The van der Waals surface area contributed by atoms with E-state index in [1.165, 1.54) is 36.5 Å². The Bertz CT molecular complexity index is 421. The van der Waals surface area contributed by atoms with Crippen LogP contribution < -0.4 is 5.32 Å². The molecule has 4 heteroatoms. The van der Waals surface area contributed by atoms with Gasteiger partial charge in [-0.25, -0.2) is 4.98 Å². The van der Waals surface area contributed by atoms with Crippen LogP contribution in [-0.2, 0) is 30.7 Å².